The first-order valence-corrected chi connectivity index (χ1v) is 7.53. The van der Waals surface area contributed by atoms with E-state index in [9.17, 15) is 4.39 Å². The van der Waals surface area contributed by atoms with Gasteiger partial charge < -0.3 is 4.90 Å². The third-order valence-corrected chi connectivity index (χ3v) is 3.87. The van der Waals surface area contributed by atoms with Crippen LogP contribution < -0.4 is 4.90 Å². The number of para-hydroxylation sites is 1. The van der Waals surface area contributed by atoms with Crippen LogP contribution in [0.4, 0.5) is 15.8 Å². The molecule has 0 N–H and O–H groups in total. The fraction of sp³-hybridized carbons (Fsp3) is 0.200. The van der Waals surface area contributed by atoms with Gasteiger partial charge in [0.2, 0.25) is 0 Å². The van der Waals surface area contributed by atoms with E-state index >= 15 is 0 Å². The van der Waals surface area contributed by atoms with Gasteiger partial charge >= 0.3 is 0 Å². The third kappa shape index (κ3) is 3.10. The Balaban J connectivity index is 2.46. The van der Waals surface area contributed by atoms with Crippen molar-refractivity contribution >= 4 is 38.9 Å². The summed E-state index contributed by atoms with van der Waals surface area (Å²) >= 11 is 9.69. The van der Waals surface area contributed by atoms with Crippen molar-refractivity contribution in [3.8, 4) is 0 Å². The summed E-state index contributed by atoms with van der Waals surface area (Å²) in [5.41, 5.74) is 2.45. The van der Waals surface area contributed by atoms with Crippen LogP contribution in [0.5, 0.6) is 0 Å². The fourth-order valence-electron chi connectivity index (χ4n) is 1.99. The highest BCUT2D eigenvalue weighted by atomic mass is 79.9. The van der Waals surface area contributed by atoms with E-state index in [2.05, 4.69) is 15.9 Å². The van der Waals surface area contributed by atoms with Crippen LogP contribution in [0.1, 0.15) is 12.5 Å². The van der Waals surface area contributed by atoms with Gasteiger partial charge in [0.05, 0.1) is 16.4 Å². The highest BCUT2D eigenvalue weighted by Gasteiger charge is 2.14. The van der Waals surface area contributed by atoms with Crippen molar-refractivity contribution in [2.24, 2.45) is 0 Å². The summed E-state index contributed by atoms with van der Waals surface area (Å²) in [5, 5.41) is 1.38. The molecule has 0 radical (unpaired) electrons. The van der Waals surface area contributed by atoms with Crippen LogP contribution in [0.25, 0.3) is 0 Å². The molecular weight excluding hydrogens is 329 g/mol. The van der Waals surface area contributed by atoms with E-state index in [1.165, 1.54) is 6.07 Å². The van der Waals surface area contributed by atoms with Crippen molar-refractivity contribution < 1.29 is 4.39 Å². The Morgan fingerprint density at radius 2 is 1.89 bits per heavy atom. The van der Waals surface area contributed by atoms with Crippen LogP contribution in [-0.2, 0) is 5.33 Å². The number of hydrogen-bond acceptors (Lipinski definition) is 1. The number of halogens is 3. The fourth-order valence-corrected chi connectivity index (χ4v) is 2.65. The molecule has 100 valence electrons. The zero-order valence-electron chi connectivity index (χ0n) is 10.5. The summed E-state index contributed by atoms with van der Waals surface area (Å²) in [6.07, 6.45) is 0. The van der Waals surface area contributed by atoms with Gasteiger partial charge in [0, 0.05) is 11.9 Å². The second-order valence-corrected chi connectivity index (χ2v) is 5.08. The average molecular weight is 343 g/mol. The highest BCUT2D eigenvalue weighted by Crippen LogP contribution is 2.34. The van der Waals surface area contributed by atoms with Crippen molar-refractivity contribution in [2.45, 2.75) is 12.3 Å². The Hall–Kier alpha value is -1.06. The van der Waals surface area contributed by atoms with Crippen molar-refractivity contribution in [2.75, 3.05) is 11.4 Å². The molecule has 0 aliphatic rings. The molecule has 0 heterocycles. The summed E-state index contributed by atoms with van der Waals surface area (Å²) in [7, 11) is 0. The van der Waals surface area contributed by atoms with Crippen LogP contribution in [0.2, 0.25) is 5.02 Å². The minimum absolute atomic E-state index is 0.245. The number of alkyl halides is 1. The van der Waals surface area contributed by atoms with Gasteiger partial charge in [0.25, 0.3) is 0 Å². The highest BCUT2D eigenvalue weighted by molar-refractivity contribution is 9.08. The molecule has 0 amide bonds. The van der Waals surface area contributed by atoms with Gasteiger partial charge in [-0.1, -0.05) is 45.7 Å². The van der Waals surface area contributed by atoms with Crippen molar-refractivity contribution in [3.05, 3.63) is 58.9 Å². The summed E-state index contributed by atoms with van der Waals surface area (Å²) < 4.78 is 13.9. The quantitative estimate of drug-likeness (QED) is 0.660. The van der Waals surface area contributed by atoms with Crippen LogP contribution in [0.15, 0.2) is 42.5 Å². The van der Waals surface area contributed by atoms with E-state index in [0.717, 1.165) is 16.6 Å². The second-order valence-electron chi connectivity index (χ2n) is 4.12. The predicted octanol–water partition coefficient (Wildman–Crippen LogP) is 5.53. The van der Waals surface area contributed by atoms with Gasteiger partial charge in [-0.05, 0) is 36.8 Å². The van der Waals surface area contributed by atoms with E-state index in [-0.39, 0.29) is 5.82 Å². The van der Waals surface area contributed by atoms with Gasteiger partial charge in [-0.3, -0.25) is 0 Å². The lowest BCUT2D eigenvalue weighted by molar-refractivity contribution is 0.625. The molecule has 0 aliphatic carbocycles. The molecule has 1 nitrogen and oxygen atoms in total. The SMILES string of the molecule is CCN(c1ccccc1F)c1ccc(CBr)cc1Cl. The van der Waals surface area contributed by atoms with Crippen molar-refractivity contribution in [1.82, 2.24) is 0 Å². The normalized spacial score (nSPS) is 10.5. The third-order valence-electron chi connectivity index (χ3n) is 2.92. The Labute approximate surface area is 126 Å². The molecule has 0 spiro atoms. The summed E-state index contributed by atoms with van der Waals surface area (Å²) in [4.78, 5) is 1.87. The molecule has 2 aromatic carbocycles. The Morgan fingerprint density at radius 1 is 1.16 bits per heavy atom. The van der Waals surface area contributed by atoms with Gasteiger partial charge in [0.15, 0.2) is 0 Å². The topological polar surface area (TPSA) is 3.24 Å². The maximum atomic E-state index is 13.9. The molecule has 0 unspecified atom stereocenters. The molecule has 0 saturated carbocycles. The zero-order valence-corrected chi connectivity index (χ0v) is 12.9. The van der Waals surface area contributed by atoms with E-state index < -0.39 is 0 Å². The van der Waals surface area contributed by atoms with Crippen molar-refractivity contribution in [1.29, 1.82) is 0 Å². The number of benzene rings is 2. The smallest absolute Gasteiger partial charge is 0.146 e. The largest absolute Gasteiger partial charge is 0.338 e. The molecule has 19 heavy (non-hydrogen) atoms. The lowest BCUT2D eigenvalue weighted by Crippen LogP contribution is -2.17. The van der Waals surface area contributed by atoms with Crippen LogP contribution in [-0.4, -0.2) is 6.54 Å². The molecule has 2 aromatic rings. The summed E-state index contributed by atoms with van der Waals surface area (Å²) in [6.45, 7) is 2.62. The molecule has 0 aliphatic heterocycles. The van der Waals surface area contributed by atoms with E-state index in [1.54, 1.807) is 12.1 Å². The summed E-state index contributed by atoms with van der Waals surface area (Å²) in [5.74, 6) is -0.245. The monoisotopic (exact) mass is 341 g/mol. The summed E-state index contributed by atoms with van der Waals surface area (Å²) in [6, 6.07) is 12.5. The average Bonchev–Trinajstić information content (AvgIpc) is 2.43. The van der Waals surface area contributed by atoms with E-state index in [0.29, 0.717) is 17.3 Å². The molecule has 0 fully saturated rings. The predicted molar refractivity (Wildman–Crippen MR) is 83.2 cm³/mol. The molecule has 2 rings (SSSR count). The van der Waals surface area contributed by atoms with Crippen LogP contribution in [0, 0.1) is 5.82 Å². The lowest BCUT2D eigenvalue weighted by atomic mass is 10.2. The van der Waals surface area contributed by atoms with Gasteiger partial charge in [0.1, 0.15) is 5.82 Å². The molecule has 0 aromatic heterocycles. The van der Waals surface area contributed by atoms with Crippen molar-refractivity contribution in [3.63, 3.8) is 0 Å². The standard InChI is InChI=1S/C15H14BrClFN/c1-2-19(15-6-4-3-5-13(15)18)14-8-7-11(10-16)9-12(14)17/h3-9H,2,10H2,1H3. The number of rotatable bonds is 4. The lowest BCUT2D eigenvalue weighted by Gasteiger charge is -2.25. The molecule has 0 atom stereocenters. The number of anilines is 2. The van der Waals surface area contributed by atoms with Gasteiger partial charge in [-0.25, -0.2) is 4.39 Å². The first-order chi connectivity index (χ1) is 9.17. The maximum absolute atomic E-state index is 13.9. The Morgan fingerprint density at radius 3 is 2.47 bits per heavy atom. The number of hydrogen-bond donors (Lipinski definition) is 0. The van der Waals surface area contributed by atoms with Gasteiger partial charge in [-0.15, -0.1) is 0 Å². The van der Waals surface area contributed by atoms with Crippen LogP contribution in [0.3, 0.4) is 0 Å². The van der Waals surface area contributed by atoms with Gasteiger partial charge in [-0.2, -0.15) is 0 Å². The Kier molecular flexibility index (Phi) is 4.83. The second kappa shape index (κ2) is 6.40. The maximum Gasteiger partial charge on any atom is 0.146 e. The number of nitrogens with zero attached hydrogens (tertiary/aromatic N) is 1. The molecule has 4 heteroatoms. The zero-order chi connectivity index (χ0) is 13.8. The molecule has 0 bridgehead atoms. The van der Waals surface area contributed by atoms with Crippen LogP contribution >= 0.6 is 27.5 Å². The Bertz CT molecular complexity index is 574. The minimum Gasteiger partial charge on any atom is -0.338 e. The minimum atomic E-state index is -0.245. The van der Waals surface area contributed by atoms with E-state index in [4.69, 9.17) is 11.6 Å². The molecule has 0 saturated heterocycles. The first-order valence-electron chi connectivity index (χ1n) is 6.03. The van der Waals surface area contributed by atoms with E-state index in [1.807, 2.05) is 36.1 Å². The first kappa shape index (κ1) is 14.4. The molecular formula is C15H14BrClFN.